The molecule has 1 N–H and O–H groups in total. The van der Waals surface area contributed by atoms with Gasteiger partial charge < -0.3 is 15.0 Å². The summed E-state index contributed by atoms with van der Waals surface area (Å²) in [6.07, 6.45) is 3.67. The number of benzene rings is 1. The normalized spacial score (nSPS) is 10.9. The summed E-state index contributed by atoms with van der Waals surface area (Å²) in [5.74, 6) is 0.903. The highest BCUT2D eigenvalue weighted by atomic mass is 16.5. The fourth-order valence-electron chi connectivity index (χ4n) is 2.59. The van der Waals surface area contributed by atoms with Crippen LogP contribution in [0.5, 0.6) is 0 Å². The van der Waals surface area contributed by atoms with Crippen molar-refractivity contribution in [3.8, 4) is 11.1 Å². The van der Waals surface area contributed by atoms with Gasteiger partial charge >= 0.3 is 0 Å². The average Bonchev–Trinajstić information content (AvgIpc) is 3.00. The minimum atomic E-state index is 0.640. The lowest BCUT2D eigenvalue weighted by atomic mass is 10.1. The van der Waals surface area contributed by atoms with E-state index in [1.165, 1.54) is 0 Å². The first kappa shape index (κ1) is 15.3. The monoisotopic (exact) mass is 311 g/mol. The van der Waals surface area contributed by atoms with Crippen LogP contribution in [0.4, 0.5) is 11.5 Å². The summed E-state index contributed by atoms with van der Waals surface area (Å²) in [6.45, 7) is 1.36. The molecule has 120 valence electrons. The number of fused-ring (bicyclic) bond motifs is 1. The van der Waals surface area contributed by atoms with Gasteiger partial charge in [-0.15, -0.1) is 0 Å². The van der Waals surface area contributed by atoms with Gasteiger partial charge in [0.2, 0.25) is 0 Å². The largest absolute Gasteiger partial charge is 0.383 e. The quantitative estimate of drug-likeness (QED) is 0.709. The van der Waals surface area contributed by atoms with E-state index in [1.807, 2.05) is 43.0 Å². The highest BCUT2D eigenvalue weighted by Crippen LogP contribution is 2.32. The van der Waals surface area contributed by atoms with Crippen LogP contribution in [0.25, 0.3) is 16.8 Å². The van der Waals surface area contributed by atoms with Gasteiger partial charge in [0.1, 0.15) is 5.82 Å². The number of rotatable bonds is 6. The molecule has 0 bridgehead atoms. The first-order chi connectivity index (χ1) is 11.2. The molecule has 0 saturated heterocycles. The van der Waals surface area contributed by atoms with Crippen molar-refractivity contribution in [1.82, 2.24) is 14.6 Å². The van der Waals surface area contributed by atoms with E-state index in [1.54, 1.807) is 13.3 Å². The Morgan fingerprint density at radius 1 is 1.17 bits per heavy atom. The molecule has 0 aliphatic carbocycles. The number of ether oxygens (including phenoxy) is 1. The van der Waals surface area contributed by atoms with Crippen LogP contribution >= 0.6 is 0 Å². The third-order valence-electron chi connectivity index (χ3n) is 3.69. The number of hydrogen-bond donors (Lipinski definition) is 1. The SMILES string of the molecule is COCCNc1ccnc2c(-c3ccccc3N(C)C)cnn12. The summed E-state index contributed by atoms with van der Waals surface area (Å²) >= 11 is 0. The molecule has 0 radical (unpaired) electrons. The zero-order valence-corrected chi connectivity index (χ0v) is 13.7. The highest BCUT2D eigenvalue weighted by Gasteiger charge is 2.14. The molecule has 2 aromatic heterocycles. The van der Waals surface area contributed by atoms with Gasteiger partial charge in [0.15, 0.2) is 5.65 Å². The van der Waals surface area contributed by atoms with Gasteiger partial charge in [0.05, 0.1) is 12.8 Å². The minimum absolute atomic E-state index is 0.640. The molecule has 0 aliphatic heterocycles. The molecule has 3 aromatic rings. The zero-order chi connectivity index (χ0) is 16.2. The molecule has 0 spiro atoms. The molecule has 1 aromatic carbocycles. The fourth-order valence-corrected chi connectivity index (χ4v) is 2.59. The van der Waals surface area contributed by atoms with Gasteiger partial charge in [-0.2, -0.15) is 9.61 Å². The molecule has 23 heavy (non-hydrogen) atoms. The van der Waals surface area contributed by atoms with Gasteiger partial charge in [-0.05, 0) is 12.1 Å². The number of nitrogens with one attached hydrogen (secondary N) is 1. The van der Waals surface area contributed by atoms with Crippen molar-refractivity contribution in [2.45, 2.75) is 0 Å². The van der Waals surface area contributed by atoms with E-state index >= 15 is 0 Å². The van der Waals surface area contributed by atoms with E-state index in [0.717, 1.165) is 34.8 Å². The van der Waals surface area contributed by atoms with E-state index in [-0.39, 0.29) is 0 Å². The second kappa shape index (κ2) is 6.66. The number of aromatic nitrogens is 3. The molecule has 0 unspecified atom stereocenters. The predicted octanol–water partition coefficient (Wildman–Crippen LogP) is 2.52. The minimum Gasteiger partial charge on any atom is -0.383 e. The number of methoxy groups -OCH3 is 1. The van der Waals surface area contributed by atoms with Crippen LogP contribution in [0.2, 0.25) is 0 Å². The number of nitrogens with zero attached hydrogens (tertiary/aromatic N) is 4. The fraction of sp³-hybridized carbons (Fsp3) is 0.294. The summed E-state index contributed by atoms with van der Waals surface area (Å²) < 4.78 is 6.91. The van der Waals surface area contributed by atoms with Gasteiger partial charge in [-0.1, -0.05) is 18.2 Å². The number of anilines is 2. The maximum Gasteiger partial charge on any atom is 0.165 e. The second-order valence-corrected chi connectivity index (χ2v) is 5.45. The van der Waals surface area contributed by atoms with Gasteiger partial charge in [0, 0.05) is 50.8 Å². The topological polar surface area (TPSA) is 54.7 Å². The van der Waals surface area contributed by atoms with Gasteiger partial charge in [-0.25, -0.2) is 4.98 Å². The average molecular weight is 311 g/mol. The lowest BCUT2D eigenvalue weighted by molar-refractivity contribution is 0.210. The standard InChI is InChI=1S/C17H21N5O/c1-21(2)15-7-5-4-6-13(15)14-12-20-22-16(18-10-11-23-3)8-9-19-17(14)22/h4-9,12,18H,10-11H2,1-3H3. The van der Waals surface area contributed by atoms with E-state index in [4.69, 9.17) is 4.74 Å². The second-order valence-electron chi connectivity index (χ2n) is 5.45. The molecular formula is C17H21N5O. The van der Waals surface area contributed by atoms with Crippen LogP contribution in [0.15, 0.2) is 42.7 Å². The maximum absolute atomic E-state index is 5.08. The summed E-state index contributed by atoms with van der Waals surface area (Å²) in [5, 5.41) is 7.82. The Hall–Kier alpha value is -2.60. The Labute approximate surface area is 135 Å². The van der Waals surface area contributed by atoms with Crippen molar-refractivity contribution in [1.29, 1.82) is 0 Å². The maximum atomic E-state index is 5.08. The summed E-state index contributed by atoms with van der Waals surface area (Å²) in [7, 11) is 5.76. The Kier molecular flexibility index (Phi) is 4.43. The first-order valence-corrected chi connectivity index (χ1v) is 7.54. The summed E-state index contributed by atoms with van der Waals surface area (Å²) in [5.41, 5.74) is 4.11. The predicted molar refractivity (Wildman–Crippen MR) is 93.1 cm³/mol. The Morgan fingerprint density at radius 2 is 2.00 bits per heavy atom. The Balaban J connectivity index is 2.05. The Bertz CT molecular complexity index is 797. The van der Waals surface area contributed by atoms with E-state index in [0.29, 0.717) is 6.61 Å². The summed E-state index contributed by atoms with van der Waals surface area (Å²) in [4.78, 5) is 6.61. The van der Waals surface area contributed by atoms with Crippen LogP contribution in [0.3, 0.4) is 0 Å². The van der Waals surface area contributed by atoms with Crippen molar-refractivity contribution >= 4 is 17.2 Å². The van der Waals surface area contributed by atoms with Crippen LogP contribution in [-0.4, -0.2) is 49.0 Å². The Morgan fingerprint density at radius 3 is 2.78 bits per heavy atom. The molecule has 0 amide bonds. The third-order valence-corrected chi connectivity index (χ3v) is 3.69. The third kappa shape index (κ3) is 2.98. The summed E-state index contributed by atoms with van der Waals surface area (Å²) in [6, 6.07) is 10.2. The van der Waals surface area contributed by atoms with Gasteiger partial charge in [0.25, 0.3) is 0 Å². The first-order valence-electron chi connectivity index (χ1n) is 7.54. The molecule has 0 fully saturated rings. The van der Waals surface area contributed by atoms with Crippen molar-refractivity contribution in [3.63, 3.8) is 0 Å². The molecule has 6 heteroatoms. The molecular weight excluding hydrogens is 290 g/mol. The van der Waals surface area contributed by atoms with E-state index < -0.39 is 0 Å². The van der Waals surface area contributed by atoms with Crippen molar-refractivity contribution in [3.05, 3.63) is 42.7 Å². The van der Waals surface area contributed by atoms with Crippen molar-refractivity contribution in [2.75, 3.05) is 44.6 Å². The molecule has 2 heterocycles. The lowest BCUT2D eigenvalue weighted by Crippen LogP contribution is -2.11. The molecule has 0 atom stereocenters. The molecule has 0 aliphatic rings. The van der Waals surface area contributed by atoms with Gasteiger partial charge in [-0.3, -0.25) is 0 Å². The van der Waals surface area contributed by atoms with Crippen LogP contribution < -0.4 is 10.2 Å². The van der Waals surface area contributed by atoms with Crippen LogP contribution in [-0.2, 0) is 4.74 Å². The van der Waals surface area contributed by atoms with Crippen LogP contribution in [0.1, 0.15) is 0 Å². The molecule has 3 rings (SSSR count). The van der Waals surface area contributed by atoms with E-state index in [9.17, 15) is 0 Å². The van der Waals surface area contributed by atoms with Crippen LogP contribution in [0, 0.1) is 0 Å². The highest BCUT2D eigenvalue weighted by molar-refractivity contribution is 5.86. The van der Waals surface area contributed by atoms with Crippen molar-refractivity contribution in [2.24, 2.45) is 0 Å². The van der Waals surface area contributed by atoms with Crippen molar-refractivity contribution < 1.29 is 4.74 Å². The van der Waals surface area contributed by atoms with E-state index in [2.05, 4.69) is 32.4 Å². The number of para-hydroxylation sites is 1. The number of hydrogen-bond acceptors (Lipinski definition) is 5. The smallest absolute Gasteiger partial charge is 0.165 e. The zero-order valence-electron chi connectivity index (χ0n) is 13.7. The molecule has 0 saturated carbocycles. The molecule has 6 nitrogen and oxygen atoms in total. The lowest BCUT2D eigenvalue weighted by Gasteiger charge is -2.16.